The first kappa shape index (κ1) is 19.4. The van der Waals surface area contributed by atoms with Gasteiger partial charge < -0.3 is 14.5 Å². The van der Waals surface area contributed by atoms with E-state index in [2.05, 4.69) is 4.98 Å². The van der Waals surface area contributed by atoms with Gasteiger partial charge in [-0.2, -0.15) is 0 Å². The van der Waals surface area contributed by atoms with Crippen LogP contribution in [0.25, 0.3) is 0 Å². The molecule has 2 aromatic rings. The summed E-state index contributed by atoms with van der Waals surface area (Å²) in [7, 11) is 1.59. The number of methoxy groups -OCH3 is 1. The molecule has 1 aromatic carbocycles. The number of hydrogen-bond donors (Lipinski definition) is 0. The molecule has 3 heterocycles. The van der Waals surface area contributed by atoms with Crippen LogP contribution in [0.5, 0.6) is 5.75 Å². The molecule has 0 bridgehead atoms. The van der Waals surface area contributed by atoms with Crippen LogP contribution in [0.1, 0.15) is 59.7 Å². The van der Waals surface area contributed by atoms with E-state index >= 15 is 0 Å². The number of nitrogens with zero attached hydrogens (tertiary/aromatic N) is 4. The molecular weight excluding hydrogens is 368 g/mol. The van der Waals surface area contributed by atoms with Gasteiger partial charge in [-0.3, -0.25) is 9.59 Å². The number of hydrogen-bond acceptors (Lipinski definition) is 5. The van der Waals surface area contributed by atoms with Gasteiger partial charge in [-0.25, -0.2) is 9.97 Å². The van der Waals surface area contributed by atoms with E-state index in [0.717, 1.165) is 42.9 Å². The van der Waals surface area contributed by atoms with Crippen LogP contribution < -0.4 is 4.74 Å². The van der Waals surface area contributed by atoms with E-state index < -0.39 is 0 Å². The molecule has 1 saturated heterocycles. The average Bonchev–Trinajstić information content (AvgIpc) is 2.77. The van der Waals surface area contributed by atoms with Crippen molar-refractivity contribution in [1.82, 2.24) is 19.8 Å². The minimum Gasteiger partial charge on any atom is -0.497 e. The minimum atomic E-state index is -0.0389. The number of piperidine rings is 1. The zero-order valence-electron chi connectivity index (χ0n) is 16.9. The third-order valence-corrected chi connectivity index (χ3v) is 5.76. The maximum Gasteiger partial charge on any atom is 0.254 e. The Bertz CT molecular complexity index is 930. The Hall–Kier alpha value is -2.96. The Balaban J connectivity index is 1.52. The van der Waals surface area contributed by atoms with Crippen molar-refractivity contribution in [2.45, 2.75) is 45.2 Å². The smallest absolute Gasteiger partial charge is 0.254 e. The summed E-state index contributed by atoms with van der Waals surface area (Å²) in [4.78, 5) is 38.0. The Kier molecular flexibility index (Phi) is 5.47. The fourth-order valence-electron chi connectivity index (χ4n) is 4.18. The largest absolute Gasteiger partial charge is 0.497 e. The summed E-state index contributed by atoms with van der Waals surface area (Å²) in [5.41, 5.74) is 2.57. The standard InChI is InChI=1S/C22H26N4O3/c1-15(27)26-10-4-3-8-20(26)21-23-13-17-14-25(11-9-19(17)24-21)22(28)16-6-5-7-18(12-16)29-2/h5-7,12-13,20H,3-4,8-11,14H2,1-2H3. The highest BCUT2D eigenvalue weighted by atomic mass is 16.5. The van der Waals surface area contributed by atoms with Crippen molar-refractivity contribution in [3.8, 4) is 5.75 Å². The predicted molar refractivity (Wildman–Crippen MR) is 107 cm³/mol. The summed E-state index contributed by atoms with van der Waals surface area (Å²) in [6.45, 7) is 3.48. The summed E-state index contributed by atoms with van der Waals surface area (Å²) in [5.74, 6) is 1.45. The molecular formula is C22H26N4O3. The number of carbonyl (C=O) groups is 2. The van der Waals surface area contributed by atoms with Crippen LogP contribution in [0.2, 0.25) is 0 Å². The SMILES string of the molecule is COc1cccc(C(=O)N2CCc3nc(C4CCCCN4C(C)=O)ncc3C2)c1. The van der Waals surface area contributed by atoms with E-state index in [-0.39, 0.29) is 17.9 Å². The van der Waals surface area contributed by atoms with Crippen molar-refractivity contribution in [3.05, 3.63) is 53.1 Å². The van der Waals surface area contributed by atoms with Crippen molar-refractivity contribution < 1.29 is 14.3 Å². The van der Waals surface area contributed by atoms with Gasteiger partial charge in [0.2, 0.25) is 5.91 Å². The first-order chi connectivity index (χ1) is 14.1. The quantitative estimate of drug-likeness (QED) is 0.800. The van der Waals surface area contributed by atoms with Crippen LogP contribution in [0.4, 0.5) is 0 Å². The lowest BCUT2D eigenvalue weighted by atomic mass is 10.00. The average molecular weight is 394 g/mol. The molecule has 0 radical (unpaired) electrons. The van der Waals surface area contributed by atoms with Crippen LogP contribution in [-0.4, -0.2) is 51.8 Å². The number of benzene rings is 1. The Morgan fingerprint density at radius 2 is 2.07 bits per heavy atom. The molecule has 0 saturated carbocycles. The number of rotatable bonds is 3. The zero-order valence-corrected chi connectivity index (χ0v) is 16.9. The van der Waals surface area contributed by atoms with Gasteiger partial charge in [-0.15, -0.1) is 0 Å². The van der Waals surface area contributed by atoms with Crippen LogP contribution in [0, 0.1) is 0 Å². The maximum atomic E-state index is 12.9. The minimum absolute atomic E-state index is 0.0198. The molecule has 2 amide bonds. The molecule has 1 atom stereocenters. The second-order valence-electron chi connectivity index (χ2n) is 7.63. The van der Waals surface area contributed by atoms with Crippen molar-refractivity contribution in [2.24, 2.45) is 0 Å². The lowest BCUT2D eigenvalue weighted by molar-refractivity contribution is -0.132. The third-order valence-electron chi connectivity index (χ3n) is 5.76. The van der Waals surface area contributed by atoms with Crippen molar-refractivity contribution >= 4 is 11.8 Å². The molecule has 2 aliphatic rings. The van der Waals surface area contributed by atoms with Crippen molar-refractivity contribution in [1.29, 1.82) is 0 Å². The first-order valence-electron chi connectivity index (χ1n) is 10.1. The number of fused-ring (bicyclic) bond motifs is 1. The van der Waals surface area contributed by atoms with Gasteiger partial charge in [-0.05, 0) is 37.5 Å². The lowest BCUT2D eigenvalue weighted by Crippen LogP contribution is -2.39. The van der Waals surface area contributed by atoms with E-state index in [1.807, 2.05) is 28.1 Å². The van der Waals surface area contributed by atoms with Crippen molar-refractivity contribution in [2.75, 3.05) is 20.2 Å². The Morgan fingerprint density at radius 1 is 1.21 bits per heavy atom. The van der Waals surface area contributed by atoms with Gasteiger partial charge in [0, 0.05) is 50.3 Å². The fourth-order valence-corrected chi connectivity index (χ4v) is 4.18. The summed E-state index contributed by atoms with van der Waals surface area (Å²) in [6.07, 6.45) is 5.53. The molecule has 0 N–H and O–H groups in total. The van der Waals surface area contributed by atoms with Crippen LogP contribution >= 0.6 is 0 Å². The molecule has 0 aliphatic carbocycles. The second-order valence-corrected chi connectivity index (χ2v) is 7.63. The Labute approximate surface area is 170 Å². The maximum absolute atomic E-state index is 12.9. The molecule has 1 fully saturated rings. The highest BCUT2D eigenvalue weighted by Gasteiger charge is 2.30. The van der Waals surface area contributed by atoms with Gasteiger partial charge in [0.15, 0.2) is 5.82 Å². The van der Waals surface area contributed by atoms with Gasteiger partial charge in [0.1, 0.15) is 5.75 Å². The van der Waals surface area contributed by atoms with Crippen LogP contribution in [0.3, 0.4) is 0 Å². The zero-order chi connectivity index (χ0) is 20.4. The van der Waals surface area contributed by atoms with Gasteiger partial charge in [0.05, 0.1) is 18.8 Å². The first-order valence-corrected chi connectivity index (χ1v) is 10.1. The third kappa shape index (κ3) is 3.95. The normalized spacial score (nSPS) is 18.9. The van der Waals surface area contributed by atoms with E-state index in [4.69, 9.17) is 9.72 Å². The molecule has 0 spiro atoms. The van der Waals surface area contributed by atoms with Gasteiger partial charge >= 0.3 is 0 Å². The number of amides is 2. The molecule has 1 aromatic heterocycles. The predicted octanol–water partition coefficient (Wildman–Crippen LogP) is 2.76. The van der Waals surface area contributed by atoms with E-state index in [9.17, 15) is 9.59 Å². The second kappa shape index (κ2) is 8.19. The number of likely N-dealkylation sites (tertiary alicyclic amines) is 1. The monoisotopic (exact) mass is 394 g/mol. The summed E-state index contributed by atoms with van der Waals surface area (Å²) >= 11 is 0. The summed E-state index contributed by atoms with van der Waals surface area (Å²) in [6, 6.07) is 7.18. The van der Waals surface area contributed by atoms with Gasteiger partial charge in [-0.1, -0.05) is 6.07 Å². The molecule has 1 unspecified atom stereocenters. The number of carbonyl (C=O) groups excluding carboxylic acids is 2. The highest BCUT2D eigenvalue weighted by Crippen LogP contribution is 2.30. The molecule has 29 heavy (non-hydrogen) atoms. The number of ether oxygens (including phenoxy) is 1. The van der Waals surface area contributed by atoms with E-state index in [0.29, 0.717) is 30.8 Å². The summed E-state index contributed by atoms with van der Waals surface area (Å²) < 4.78 is 5.23. The van der Waals surface area contributed by atoms with Crippen molar-refractivity contribution in [3.63, 3.8) is 0 Å². The Morgan fingerprint density at radius 3 is 2.86 bits per heavy atom. The van der Waals surface area contributed by atoms with E-state index in [1.54, 1.807) is 26.2 Å². The molecule has 4 rings (SSSR count). The van der Waals surface area contributed by atoms with Crippen LogP contribution in [-0.2, 0) is 17.8 Å². The topological polar surface area (TPSA) is 75.6 Å². The fraction of sp³-hybridized carbons (Fsp3) is 0.455. The van der Waals surface area contributed by atoms with Crippen LogP contribution in [0.15, 0.2) is 30.5 Å². The number of aromatic nitrogens is 2. The molecule has 7 heteroatoms. The summed E-state index contributed by atoms with van der Waals surface area (Å²) in [5, 5.41) is 0. The van der Waals surface area contributed by atoms with Gasteiger partial charge in [0.25, 0.3) is 5.91 Å². The lowest BCUT2D eigenvalue weighted by Gasteiger charge is -2.35. The molecule has 2 aliphatic heterocycles. The molecule has 152 valence electrons. The van der Waals surface area contributed by atoms with E-state index in [1.165, 1.54) is 0 Å². The highest BCUT2D eigenvalue weighted by molar-refractivity contribution is 5.94. The molecule has 7 nitrogen and oxygen atoms in total.